The van der Waals surface area contributed by atoms with Crippen LogP contribution in [0.3, 0.4) is 0 Å². The molecule has 1 aromatic carbocycles. The summed E-state index contributed by atoms with van der Waals surface area (Å²) in [5, 5.41) is 5.43. The van der Waals surface area contributed by atoms with E-state index in [1.165, 1.54) is 22.5 Å². The van der Waals surface area contributed by atoms with E-state index in [0.29, 0.717) is 11.6 Å². The summed E-state index contributed by atoms with van der Waals surface area (Å²) in [6.07, 6.45) is 3.82. The predicted octanol–water partition coefficient (Wildman–Crippen LogP) is 4.00. The first-order chi connectivity index (χ1) is 11.1. The van der Waals surface area contributed by atoms with Crippen LogP contribution in [0.5, 0.6) is 0 Å². The molecule has 1 amide bonds. The second-order valence-electron chi connectivity index (χ2n) is 5.36. The van der Waals surface area contributed by atoms with Crippen LogP contribution in [0.25, 0.3) is 11.3 Å². The van der Waals surface area contributed by atoms with Crippen molar-refractivity contribution in [3.05, 3.63) is 64.8 Å². The van der Waals surface area contributed by atoms with E-state index in [2.05, 4.69) is 28.3 Å². The normalized spacial score (nSPS) is 10.5. The van der Waals surface area contributed by atoms with Gasteiger partial charge >= 0.3 is 0 Å². The number of aryl methyl sites for hydroxylation is 1. The zero-order chi connectivity index (χ0) is 16.2. The van der Waals surface area contributed by atoms with Crippen molar-refractivity contribution in [1.82, 2.24) is 9.97 Å². The van der Waals surface area contributed by atoms with Gasteiger partial charge in [0.1, 0.15) is 0 Å². The van der Waals surface area contributed by atoms with E-state index in [0.717, 1.165) is 16.8 Å². The molecule has 2 heterocycles. The molecule has 3 rings (SSSR count). The number of nitrogens with zero attached hydrogens (tertiary/aromatic N) is 2. The molecule has 0 radical (unpaired) electrons. The van der Waals surface area contributed by atoms with Gasteiger partial charge in [0, 0.05) is 23.3 Å². The van der Waals surface area contributed by atoms with Gasteiger partial charge in [-0.3, -0.25) is 9.78 Å². The zero-order valence-electron chi connectivity index (χ0n) is 13.0. The van der Waals surface area contributed by atoms with Crippen LogP contribution in [0.15, 0.2) is 48.1 Å². The summed E-state index contributed by atoms with van der Waals surface area (Å²) in [7, 11) is 0. The predicted molar refractivity (Wildman–Crippen MR) is 93.6 cm³/mol. The Labute approximate surface area is 139 Å². The standard InChI is InChI=1S/C18H17N3OS/c1-12-4-3-5-15(13(12)2)10-17(22)21-18-20-16(11-23-18)14-6-8-19-9-7-14/h3-9,11H,10H2,1-2H3,(H,20,21,22). The van der Waals surface area contributed by atoms with E-state index < -0.39 is 0 Å². The van der Waals surface area contributed by atoms with E-state index >= 15 is 0 Å². The van der Waals surface area contributed by atoms with Crippen molar-refractivity contribution in [3.8, 4) is 11.3 Å². The molecule has 0 fully saturated rings. The van der Waals surface area contributed by atoms with Gasteiger partial charge in [-0.25, -0.2) is 4.98 Å². The van der Waals surface area contributed by atoms with Crippen LogP contribution in [0, 0.1) is 13.8 Å². The fourth-order valence-corrected chi connectivity index (χ4v) is 3.06. The lowest BCUT2D eigenvalue weighted by Gasteiger charge is -2.08. The molecule has 2 aromatic heterocycles. The maximum absolute atomic E-state index is 12.2. The van der Waals surface area contributed by atoms with Gasteiger partial charge in [-0.1, -0.05) is 18.2 Å². The largest absolute Gasteiger partial charge is 0.302 e. The number of thiazole rings is 1. The number of nitrogens with one attached hydrogen (secondary N) is 1. The Kier molecular flexibility index (Phi) is 4.48. The topological polar surface area (TPSA) is 54.9 Å². The van der Waals surface area contributed by atoms with E-state index in [-0.39, 0.29) is 5.91 Å². The van der Waals surface area contributed by atoms with Crippen LogP contribution in [0.1, 0.15) is 16.7 Å². The molecule has 5 heteroatoms. The highest BCUT2D eigenvalue weighted by molar-refractivity contribution is 7.14. The first-order valence-corrected chi connectivity index (χ1v) is 8.22. The summed E-state index contributed by atoms with van der Waals surface area (Å²) in [6, 6.07) is 9.83. The second kappa shape index (κ2) is 6.71. The quantitative estimate of drug-likeness (QED) is 0.789. The number of carbonyl (C=O) groups is 1. The van der Waals surface area contributed by atoms with Crippen LogP contribution < -0.4 is 5.32 Å². The Balaban J connectivity index is 1.69. The molecule has 0 unspecified atom stereocenters. The van der Waals surface area contributed by atoms with Crippen molar-refractivity contribution < 1.29 is 4.79 Å². The lowest BCUT2D eigenvalue weighted by molar-refractivity contribution is -0.115. The molecule has 23 heavy (non-hydrogen) atoms. The molecule has 0 atom stereocenters. The molecule has 0 aliphatic carbocycles. The van der Waals surface area contributed by atoms with Gasteiger partial charge in [0.05, 0.1) is 12.1 Å². The number of amides is 1. The van der Waals surface area contributed by atoms with Crippen molar-refractivity contribution in [2.75, 3.05) is 5.32 Å². The SMILES string of the molecule is Cc1cccc(CC(=O)Nc2nc(-c3ccncc3)cs2)c1C. The van der Waals surface area contributed by atoms with E-state index in [4.69, 9.17) is 0 Å². The van der Waals surface area contributed by atoms with Gasteiger partial charge in [0.25, 0.3) is 0 Å². The van der Waals surface area contributed by atoms with Crippen LogP contribution in [0.4, 0.5) is 5.13 Å². The van der Waals surface area contributed by atoms with Gasteiger partial charge in [-0.2, -0.15) is 0 Å². The molecular formula is C18H17N3OS. The van der Waals surface area contributed by atoms with E-state index in [1.54, 1.807) is 12.4 Å². The Morgan fingerprint density at radius 1 is 1.17 bits per heavy atom. The monoisotopic (exact) mass is 323 g/mol. The van der Waals surface area contributed by atoms with E-state index in [1.807, 2.05) is 36.6 Å². The Morgan fingerprint density at radius 2 is 1.96 bits per heavy atom. The minimum atomic E-state index is -0.0469. The molecule has 0 saturated carbocycles. The molecule has 0 aliphatic heterocycles. The maximum Gasteiger partial charge on any atom is 0.230 e. The lowest BCUT2D eigenvalue weighted by Crippen LogP contribution is -2.15. The van der Waals surface area contributed by atoms with Crippen molar-refractivity contribution in [2.45, 2.75) is 20.3 Å². The van der Waals surface area contributed by atoms with Gasteiger partial charge in [0.15, 0.2) is 5.13 Å². The number of hydrogen-bond donors (Lipinski definition) is 1. The molecule has 0 aliphatic rings. The summed E-state index contributed by atoms with van der Waals surface area (Å²) in [6.45, 7) is 4.10. The van der Waals surface area contributed by atoms with Gasteiger partial charge < -0.3 is 5.32 Å². The van der Waals surface area contributed by atoms with Crippen LogP contribution >= 0.6 is 11.3 Å². The summed E-state index contributed by atoms with van der Waals surface area (Å²) in [4.78, 5) is 20.7. The zero-order valence-corrected chi connectivity index (χ0v) is 13.9. The molecule has 116 valence electrons. The first kappa shape index (κ1) is 15.4. The molecular weight excluding hydrogens is 306 g/mol. The minimum absolute atomic E-state index is 0.0469. The average Bonchev–Trinajstić information content (AvgIpc) is 3.01. The maximum atomic E-state index is 12.2. The first-order valence-electron chi connectivity index (χ1n) is 7.34. The Bertz CT molecular complexity index is 827. The second-order valence-corrected chi connectivity index (χ2v) is 6.22. The molecule has 1 N–H and O–H groups in total. The highest BCUT2D eigenvalue weighted by atomic mass is 32.1. The van der Waals surface area contributed by atoms with Gasteiger partial charge in [0.2, 0.25) is 5.91 Å². The van der Waals surface area contributed by atoms with Gasteiger partial charge in [-0.15, -0.1) is 11.3 Å². The molecule has 0 spiro atoms. The smallest absolute Gasteiger partial charge is 0.230 e. The fourth-order valence-electron chi connectivity index (χ4n) is 2.33. The van der Waals surface area contributed by atoms with Crippen LogP contribution in [0.2, 0.25) is 0 Å². The number of aromatic nitrogens is 2. The summed E-state index contributed by atoms with van der Waals surface area (Å²) < 4.78 is 0. The number of carbonyl (C=O) groups excluding carboxylic acids is 1. The highest BCUT2D eigenvalue weighted by Crippen LogP contribution is 2.24. The third-order valence-electron chi connectivity index (χ3n) is 3.79. The Morgan fingerprint density at radius 3 is 2.74 bits per heavy atom. The molecule has 0 bridgehead atoms. The van der Waals surface area contributed by atoms with Crippen LogP contribution in [-0.2, 0) is 11.2 Å². The number of hydrogen-bond acceptors (Lipinski definition) is 4. The average molecular weight is 323 g/mol. The minimum Gasteiger partial charge on any atom is -0.302 e. The van der Waals surface area contributed by atoms with E-state index in [9.17, 15) is 4.79 Å². The molecule has 3 aromatic rings. The van der Waals surface area contributed by atoms with Crippen molar-refractivity contribution in [1.29, 1.82) is 0 Å². The van der Waals surface area contributed by atoms with Crippen molar-refractivity contribution in [2.24, 2.45) is 0 Å². The number of benzene rings is 1. The fraction of sp³-hybridized carbons (Fsp3) is 0.167. The number of rotatable bonds is 4. The Hall–Kier alpha value is -2.53. The van der Waals surface area contributed by atoms with Crippen molar-refractivity contribution in [3.63, 3.8) is 0 Å². The highest BCUT2D eigenvalue weighted by Gasteiger charge is 2.10. The lowest BCUT2D eigenvalue weighted by atomic mass is 10.0. The van der Waals surface area contributed by atoms with Crippen LogP contribution in [-0.4, -0.2) is 15.9 Å². The number of anilines is 1. The summed E-state index contributed by atoms with van der Waals surface area (Å²) in [5.41, 5.74) is 5.25. The molecule has 4 nitrogen and oxygen atoms in total. The summed E-state index contributed by atoms with van der Waals surface area (Å²) in [5.74, 6) is -0.0469. The van der Waals surface area contributed by atoms with Crippen molar-refractivity contribution >= 4 is 22.4 Å². The molecule has 0 saturated heterocycles. The summed E-state index contributed by atoms with van der Waals surface area (Å²) >= 11 is 1.43. The third kappa shape index (κ3) is 3.63. The number of pyridine rings is 1. The van der Waals surface area contributed by atoms with Gasteiger partial charge in [-0.05, 0) is 42.7 Å². The third-order valence-corrected chi connectivity index (χ3v) is 4.55.